The van der Waals surface area contributed by atoms with Crippen LogP contribution in [0.4, 0.5) is 4.39 Å². The Morgan fingerprint density at radius 2 is 2.00 bits per heavy atom. The van der Waals surface area contributed by atoms with Crippen molar-refractivity contribution < 1.29 is 18.7 Å². The molecule has 134 valence electrons. The number of nitrogens with zero attached hydrogens (tertiary/aromatic N) is 1. The molecule has 1 aliphatic heterocycles. The third kappa shape index (κ3) is 4.28. The molecule has 1 aliphatic rings. The molecule has 1 unspecified atom stereocenters. The summed E-state index contributed by atoms with van der Waals surface area (Å²) in [4.78, 5) is 14.2. The Hall–Kier alpha value is -2.14. The van der Waals surface area contributed by atoms with Crippen molar-refractivity contribution >= 4 is 5.91 Å². The van der Waals surface area contributed by atoms with E-state index in [-0.39, 0.29) is 23.7 Å². The molecule has 1 fully saturated rings. The lowest BCUT2D eigenvalue weighted by atomic mass is 9.92. The van der Waals surface area contributed by atoms with Crippen LogP contribution in [0.25, 0.3) is 11.3 Å². The number of aryl methyl sites for hydroxylation is 1. The maximum Gasteiger partial charge on any atom is 0.223 e. The van der Waals surface area contributed by atoms with Crippen molar-refractivity contribution in [1.82, 2.24) is 4.90 Å². The van der Waals surface area contributed by atoms with Gasteiger partial charge in [-0.3, -0.25) is 4.79 Å². The molecule has 3 rings (SSSR count). The Kier molecular flexibility index (Phi) is 5.53. The number of carbonyl (C=O) groups is 1. The SMILES string of the molecule is CC(O)C1CCN(C(=O)CCc2ccc(-c3ccccc3F)o2)CC1. The zero-order valence-corrected chi connectivity index (χ0v) is 14.5. The van der Waals surface area contributed by atoms with Crippen LogP contribution < -0.4 is 0 Å². The van der Waals surface area contributed by atoms with Crippen LogP contribution in [0.2, 0.25) is 0 Å². The minimum absolute atomic E-state index is 0.105. The van der Waals surface area contributed by atoms with Crippen molar-refractivity contribution in [3.63, 3.8) is 0 Å². The third-order valence-corrected chi connectivity index (χ3v) is 4.96. The fourth-order valence-electron chi connectivity index (χ4n) is 3.34. The van der Waals surface area contributed by atoms with Crippen LogP contribution in [0.15, 0.2) is 40.8 Å². The summed E-state index contributed by atoms with van der Waals surface area (Å²) in [5.74, 6) is 1.24. The first kappa shape index (κ1) is 17.7. The molecule has 25 heavy (non-hydrogen) atoms. The Balaban J connectivity index is 1.53. The second-order valence-corrected chi connectivity index (χ2v) is 6.70. The molecule has 1 aromatic carbocycles. The highest BCUT2D eigenvalue weighted by atomic mass is 19.1. The van der Waals surface area contributed by atoms with E-state index in [0.29, 0.717) is 43.0 Å². The van der Waals surface area contributed by atoms with E-state index in [1.807, 2.05) is 11.8 Å². The number of aliphatic hydroxyl groups is 1. The molecule has 1 N–H and O–H groups in total. The number of hydrogen-bond acceptors (Lipinski definition) is 3. The fourth-order valence-corrected chi connectivity index (χ4v) is 3.34. The Morgan fingerprint density at radius 3 is 2.68 bits per heavy atom. The predicted octanol–water partition coefficient (Wildman–Crippen LogP) is 3.64. The normalized spacial score (nSPS) is 16.8. The first-order valence-electron chi connectivity index (χ1n) is 8.84. The van der Waals surface area contributed by atoms with Crippen molar-refractivity contribution in [3.05, 3.63) is 48.0 Å². The summed E-state index contributed by atoms with van der Waals surface area (Å²) in [6.07, 6.45) is 2.27. The van der Waals surface area contributed by atoms with Crippen molar-refractivity contribution in [2.75, 3.05) is 13.1 Å². The van der Waals surface area contributed by atoms with Gasteiger partial charge in [-0.15, -0.1) is 0 Å². The lowest BCUT2D eigenvalue weighted by Gasteiger charge is -2.33. The van der Waals surface area contributed by atoms with Crippen LogP contribution in [0.1, 0.15) is 31.9 Å². The summed E-state index contributed by atoms with van der Waals surface area (Å²) in [5, 5.41) is 9.63. The van der Waals surface area contributed by atoms with Crippen molar-refractivity contribution in [1.29, 1.82) is 0 Å². The highest BCUT2D eigenvalue weighted by Gasteiger charge is 2.25. The maximum atomic E-state index is 13.8. The Bertz CT molecular complexity index is 717. The lowest BCUT2D eigenvalue weighted by molar-refractivity contribution is -0.133. The molecule has 1 saturated heterocycles. The molecule has 2 aromatic rings. The van der Waals surface area contributed by atoms with Gasteiger partial charge in [0.15, 0.2) is 0 Å². The maximum absolute atomic E-state index is 13.8. The fraction of sp³-hybridized carbons (Fsp3) is 0.450. The molecule has 4 nitrogen and oxygen atoms in total. The molecule has 0 aliphatic carbocycles. The number of benzene rings is 1. The molecule has 5 heteroatoms. The first-order chi connectivity index (χ1) is 12.0. The Labute approximate surface area is 147 Å². The number of amides is 1. The second-order valence-electron chi connectivity index (χ2n) is 6.70. The molecule has 2 heterocycles. The molecule has 0 spiro atoms. The van der Waals surface area contributed by atoms with Crippen LogP contribution in [-0.4, -0.2) is 35.1 Å². The summed E-state index contributed by atoms with van der Waals surface area (Å²) in [5.41, 5.74) is 0.431. The standard InChI is InChI=1S/C20H24FNO3/c1-14(23)15-10-12-22(13-11-15)20(24)9-7-16-6-8-19(25-16)17-4-2-3-5-18(17)21/h2-6,8,14-15,23H,7,9-13H2,1H3. The summed E-state index contributed by atoms with van der Waals surface area (Å²) in [7, 11) is 0. The van der Waals surface area contributed by atoms with Crippen molar-refractivity contribution in [3.8, 4) is 11.3 Å². The van der Waals surface area contributed by atoms with E-state index in [1.54, 1.807) is 30.3 Å². The predicted molar refractivity (Wildman–Crippen MR) is 93.4 cm³/mol. The zero-order chi connectivity index (χ0) is 17.8. The zero-order valence-electron chi connectivity index (χ0n) is 14.5. The summed E-state index contributed by atoms with van der Waals surface area (Å²) in [6.45, 7) is 3.21. The second kappa shape index (κ2) is 7.83. The van der Waals surface area contributed by atoms with E-state index in [9.17, 15) is 14.3 Å². The topological polar surface area (TPSA) is 53.7 Å². The van der Waals surface area contributed by atoms with Gasteiger partial charge in [-0.2, -0.15) is 0 Å². The number of furan rings is 1. The van der Waals surface area contributed by atoms with Crippen molar-refractivity contribution in [2.45, 2.75) is 38.7 Å². The number of rotatable bonds is 5. The molecule has 0 bridgehead atoms. The van der Waals surface area contributed by atoms with Gasteiger partial charge in [0.1, 0.15) is 17.3 Å². The third-order valence-electron chi connectivity index (χ3n) is 4.96. The van der Waals surface area contributed by atoms with E-state index >= 15 is 0 Å². The van der Waals surface area contributed by atoms with Crippen LogP contribution in [-0.2, 0) is 11.2 Å². The van der Waals surface area contributed by atoms with Gasteiger partial charge in [-0.25, -0.2) is 4.39 Å². The van der Waals surface area contributed by atoms with E-state index in [2.05, 4.69) is 0 Å². The Morgan fingerprint density at radius 1 is 1.28 bits per heavy atom. The van der Waals surface area contributed by atoms with Gasteiger partial charge >= 0.3 is 0 Å². The van der Waals surface area contributed by atoms with E-state index < -0.39 is 0 Å². The molecule has 0 saturated carbocycles. The van der Waals surface area contributed by atoms with Gasteiger partial charge in [-0.1, -0.05) is 12.1 Å². The van der Waals surface area contributed by atoms with E-state index in [4.69, 9.17) is 4.42 Å². The minimum atomic E-state index is -0.319. The van der Waals surface area contributed by atoms with Gasteiger partial charge in [0.2, 0.25) is 5.91 Å². The summed E-state index contributed by atoms with van der Waals surface area (Å²) in [6, 6.07) is 10.0. The average molecular weight is 345 g/mol. The molecule has 1 aromatic heterocycles. The number of halogens is 1. The number of aliphatic hydroxyl groups excluding tert-OH is 1. The number of hydrogen-bond donors (Lipinski definition) is 1. The van der Waals surface area contributed by atoms with Crippen LogP contribution in [0.3, 0.4) is 0 Å². The number of piperidine rings is 1. The quantitative estimate of drug-likeness (QED) is 0.900. The van der Waals surface area contributed by atoms with Gasteiger partial charge in [-0.05, 0) is 49.9 Å². The van der Waals surface area contributed by atoms with E-state index in [0.717, 1.165) is 12.8 Å². The van der Waals surface area contributed by atoms with E-state index in [1.165, 1.54) is 6.07 Å². The average Bonchev–Trinajstić information content (AvgIpc) is 3.09. The smallest absolute Gasteiger partial charge is 0.223 e. The number of carbonyl (C=O) groups excluding carboxylic acids is 1. The first-order valence-corrected chi connectivity index (χ1v) is 8.84. The van der Waals surface area contributed by atoms with Gasteiger partial charge < -0.3 is 14.4 Å². The summed E-state index contributed by atoms with van der Waals surface area (Å²) < 4.78 is 19.5. The molecular weight excluding hydrogens is 321 g/mol. The lowest BCUT2D eigenvalue weighted by Crippen LogP contribution is -2.40. The number of likely N-dealkylation sites (tertiary alicyclic amines) is 1. The van der Waals surface area contributed by atoms with Gasteiger partial charge in [0.05, 0.1) is 11.7 Å². The van der Waals surface area contributed by atoms with Crippen LogP contribution in [0, 0.1) is 11.7 Å². The van der Waals surface area contributed by atoms with Crippen molar-refractivity contribution in [2.24, 2.45) is 5.92 Å². The highest BCUT2D eigenvalue weighted by molar-refractivity contribution is 5.76. The minimum Gasteiger partial charge on any atom is -0.461 e. The highest BCUT2D eigenvalue weighted by Crippen LogP contribution is 2.26. The molecule has 0 radical (unpaired) electrons. The van der Waals surface area contributed by atoms with Gasteiger partial charge in [0.25, 0.3) is 0 Å². The monoisotopic (exact) mass is 345 g/mol. The molecule has 1 amide bonds. The molecule has 1 atom stereocenters. The summed E-state index contributed by atoms with van der Waals surface area (Å²) >= 11 is 0. The van der Waals surface area contributed by atoms with Crippen LogP contribution in [0.5, 0.6) is 0 Å². The molecular formula is C20H24FNO3. The van der Waals surface area contributed by atoms with Gasteiger partial charge in [0, 0.05) is 25.9 Å². The van der Waals surface area contributed by atoms with Crippen LogP contribution >= 0.6 is 0 Å². The largest absolute Gasteiger partial charge is 0.461 e.